The molecule has 1 heteroatoms. The Bertz CT molecular complexity index is 726. The highest BCUT2D eigenvalue weighted by molar-refractivity contribution is 5.82. The fraction of sp³-hybridized carbons (Fsp3) is 0.300. The molecule has 1 aliphatic heterocycles. The van der Waals surface area contributed by atoms with Crippen LogP contribution in [0.1, 0.15) is 59.2 Å². The lowest BCUT2D eigenvalue weighted by Gasteiger charge is -2.20. The van der Waals surface area contributed by atoms with E-state index in [0.717, 1.165) is 0 Å². The van der Waals surface area contributed by atoms with Crippen LogP contribution in [0.2, 0.25) is 0 Å². The predicted octanol–water partition coefficient (Wildman–Crippen LogP) is 5.21. The lowest BCUT2D eigenvalue weighted by Crippen LogP contribution is -2.05. The minimum atomic E-state index is 0.0739. The number of aliphatic imine (C=N–C) groups is 1. The first-order chi connectivity index (χ1) is 10.0. The van der Waals surface area contributed by atoms with E-state index in [1.165, 1.54) is 33.4 Å². The van der Waals surface area contributed by atoms with Crippen molar-refractivity contribution in [2.24, 2.45) is 4.99 Å². The van der Waals surface area contributed by atoms with Crippen molar-refractivity contribution in [2.75, 3.05) is 0 Å². The highest BCUT2D eigenvalue weighted by Gasteiger charge is 2.19. The number of benzene rings is 2. The molecule has 0 saturated carbocycles. The van der Waals surface area contributed by atoms with Gasteiger partial charge in [-0.25, -0.2) is 4.99 Å². The van der Waals surface area contributed by atoms with E-state index in [0.29, 0.717) is 5.92 Å². The molecule has 0 aliphatic carbocycles. The molecule has 0 fully saturated rings. The van der Waals surface area contributed by atoms with E-state index in [1.54, 1.807) is 0 Å². The number of rotatable bonds is 2. The van der Waals surface area contributed by atoms with Crippen LogP contribution >= 0.6 is 0 Å². The summed E-state index contributed by atoms with van der Waals surface area (Å²) in [4.78, 5) is 4.59. The number of hydrogen-bond acceptors (Lipinski definition) is 1. The van der Waals surface area contributed by atoms with Crippen LogP contribution in [0.15, 0.2) is 41.4 Å². The van der Waals surface area contributed by atoms with E-state index >= 15 is 0 Å². The summed E-state index contributed by atoms with van der Waals surface area (Å²) in [6.07, 6.45) is 2.00. The average molecular weight is 275 g/mol. The van der Waals surface area contributed by atoms with Crippen molar-refractivity contribution in [3.63, 3.8) is 0 Å². The summed E-state index contributed by atoms with van der Waals surface area (Å²) in [6, 6.07) is 13.5. The molecule has 2 aromatic carbocycles. The molecule has 1 atom stereocenters. The first kappa shape index (κ1) is 13.9. The van der Waals surface area contributed by atoms with Crippen molar-refractivity contribution in [3.05, 3.63) is 69.8 Å². The van der Waals surface area contributed by atoms with Gasteiger partial charge in [0, 0.05) is 6.08 Å². The molecule has 1 unspecified atom stereocenters. The molecule has 1 aliphatic rings. The van der Waals surface area contributed by atoms with Crippen LogP contribution in [-0.2, 0) is 0 Å². The molecule has 0 aromatic heterocycles. The zero-order valence-corrected chi connectivity index (χ0v) is 13.1. The Morgan fingerprint density at radius 1 is 1.00 bits per heavy atom. The predicted molar refractivity (Wildman–Crippen MR) is 90.2 cm³/mol. The molecule has 0 N–H and O–H groups in total. The van der Waals surface area contributed by atoms with Crippen LogP contribution in [0, 0.1) is 13.8 Å². The first-order valence-corrected chi connectivity index (χ1v) is 7.55. The van der Waals surface area contributed by atoms with Gasteiger partial charge in [0.25, 0.3) is 0 Å². The van der Waals surface area contributed by atoms with Crippen LogP contribution in [0.3, 0.4) is 0 Å². The monoisotopic (exact) mass is 275 g/mol. The summed E-state index contributed by atoms with van der Waals surface area (Å²) < 4.78 is 0. The van der Waals surface area contributed by atoms with Crippen molar-refractivity contribution in [1.82, 2.24) is 0 Å². The van der Waals surface area contributed by atoms with Gasteiger partial charge in [0.05, 0.1) is 0 Å². The van der Waals surface area contributed by atoms with Crippen LogP contribution in [0.4, 0.5) is 0 Å². The van der Waals surface area contributed by atoms with Gasteiger partial charge in [-0.2, -0.15) is 0 Å². The second-order valence-electron chi connectivity index (χ2n) is 6.27. The van der Waals surface area contributed by atoms with E-state index < -0.39 is 0 Å². The van der Waals surface area contributed by atoms with Crippen molar-refractivity contribution in [1.29, 1.82) is 0 Å². The fourth-order valence-electron chi connectivity index (χ4n) is 3.00. The largest absolute Gasteiger partial charge is 0.230 e. The number of fused-ring (bicyclic) bond motifs is 1. The van der Waals surface area contributed by atoms with Gasteiger partial charge in [-0.3, -0.25) is 0 Å². The van der Waals surface area contributed by atoms with Gasteiger partial charge in [0.15, 0.2) is 0 Å². The molecule has 0 spiro atoms. The van der Waals surface area contributed by atoms with Crippen LogP contribution in [-0.4, -0.2) is 5.87 Å². The molecule has 0 amide bonds. The molecule has 106 valence electrons. The average Bonchev–Trinajstić information content (AvgIpc) is 2.45. The molecule has 2 aromatic rings. The van der Waals surface area contributed by atoms with Crippen LogP contribution < -0.4 is 0 Å². The van der Waals surface area contributed by atoms with Gasteiger partial charge in [-0.15, -0.1) is 0 Å². The zero-order valence-electron chi connectivity index (χ0n) is 13.1. The summed E-state index contributed by atoms with van der Waals surface area (Å²) in [5, 5.41) is 0. The number of nitrogens with zero attached hydrogens (tertiary/aromatic N) is 1. The highest BCUT2D eigenvalue weighted by Crippen LogP contribution is 2.33. The standard InChI is InChI=1S/C20H21N/c1-13(2)16-5-6-19-17(12-16)7-8-21-20(19)18-10-14(3)9-15(4)11-18/h5-7,9-13,20H,1-4H3. The number of hydrogen-bond donors (Lipinski definition) is 0. The Labute approximate surface area is 127 Å². The van der Waals surface area contributed by atoms with Crippen molar-refractivity contribution < 1.29 is 0 Å². The normalized spacial score (nSPS) is 16.3. The quantitative estimate of drug-likeness (QED) is 0.713. The molecule has 0 radical (unpaired) electrons. The van der Waals surface area contributed by atoms with Gasteiger partial charge < -0.3 is 0 Å². The minimum Gasteiger partial charge on any atom is -0.230 e. The highest BCUT2D eigenvalue weighted by atomic mass is 14.8. The third-order valence-corrected chi connectivity index (χ3v) is 4.06. The summed E-state index contributed by atoms with van der Waals surface area (Å²) in [7, 11) is 0. The fourth-order valence-corrected chi connectivity index (χ4v) is 3.00. The Kier molecular flexibility index (Phi) is 3.53. The van der Waals surface area contributed by atoms with Gasteiger partial charge in [0.2, 0.25) is 0 Å². The maximum Gasteiger partial charge on any atom is 0.110 e. The Morgan fingerprint density at radius 2 is 1.71 bits per heavy atom. The van der Waals surface area contributed by atoms with Gasteiger partial charge in [-0.1, -0.05) is 61.4 Å². The SMILES string of the molecule is Cc1cc(C)cc(C2N=C=Cc3cc(C(C)C)ccc32)c1. The Morgan fingerprint density at radius 3 is 2.38 bits per heavy atom. The smallest absolute Gasteiger partial charge is 0.110 e. The Hall–Kier alpha value is -2.11. The molecule has 0 bridgehead atoms. The van der Waals surface area contributed by atoms with E-state index in [-0.39, 0.29) is 6.04 Å². The van der Waals surface area contributed by atoms with Gasteiger partial charge in [0.1, 0.15) is 6.04 Å². The third kappa shape index (κ3) is 2.70. The van der Waals surface area contributed by atoms with Crippen LogP contribution in [0.25, 0.3) is 6.08 Å². The molecule has 1 nitrogen and oxygen atoms in total. The number of aryl methyl sites for hydroxylation is 2. The third-order valence-electron chi connectivity index (χ3n) is 4.06. The lowest BCUT2D eigenvalue weighted by molar-refractivity contribution is 0.845. The van der Waals surface area contributed by atoms with E-state index in [2.05, 4.69) is 75.0 Å². The van der Waals surface area contributed by atoms with Crippen LogP contribution in [0.5, 0.6) is 0 Å². The lowest BCUT2D eigenvalue weighted by atomic mass is 9.89. The Balaban J connectivity index is 2.10. The van der Waals surface area contributed by atoms with Gasteiger partial charge >= 0.3 is 0 Å². The summed E-state index contributed by atoms with van der Waals surface area (Å²) >= 11 is 0. The summed E-state index contributed by atoms with van der Waals surface area (Å²) in [5.74, 6) is 3.64. The maximum atomic E-state index is 4.59. The second kappa shape index (κ2) is 5.35. The van der Waals surface area contributed by atoms with E-state index in [1.807, 2.05) is 6.08 Å². The summed E-state index contributed by atoms with van der Waals surface area (Å²) in [6.45, 7) is 8.73. The van der Waals surface area contributed by atoms with Crippen molar-refractivity contribution >= 4 is 11.9 Å². The maximum absolute atomic E-state index is 4.59. The topological polar surface area (TPSA) is 12.4 Å². The minimum absolute atomic E-state index is 0.0739. The summed E-state index contributed by atoms with van der Waals surface area (Å²) in [5.41, 5.74) is 7.73. The molecule has 3 rings (SSSR count). The van der Waals surface area contributed by atoms with E-state index in [4.69, 9.17) is 0 Å². The first-order valence-electron chi connectivity index (χ1n) is 7.55. The molecule has 0 saturated heterocycles. The molecular weight excluding hydrogens is 254 g/mol. The zero-order chi connectivity index (χ0) is 15.0. The van der Waals surface area contributed by atoms with E-state index in [9.17, 15) is 0 Å². The van der Waals surface area contributed by atoms with Crippen molar-refractivity contribution in [3.8, 4) is 0 Å². The molecular formula is C20H21N. The van der Waals surface area contributed by atoms with Crippen molar-refractivity contribution in [2.45, 2.75) is 39.7 Å². The molecule has 21 heavy (non-hydrogen) atoms. The van der Waals surface area contributed by atoms with Gasteiger partial charge in [-0.05, 0) is 47.9 Å². The molecule has 1 heterocycles. The second-order valence-corrected chi connectivity index (χ2v) is 6.27.